The number of ether oxygens (including phenoxy) is 2. The number of esters is 1. The van der Waals surface area contributed by atoms with Crippen molar-refractivity contribution in [3.8, 4) is 16.9 Å². The normalized spacial score (nSPS) is 15.0. The maximum absolute atomic E-state index is 13.1. The molecule has 38 heavy (non-hydrogen) atoms. The quantitative estimate of drug-likeness (QED) is 0.340. The minimum Gasteiger partial charge on any atom is -0.465 e. The average molecular weight is 541 g/mol. The van der Waals surface area contributed by atoms with Gasteiger partial charge in [0.15, 0.2) is 0 Å². The van der Waals surface area contributed by atoms with Gasteiger partial charge in [0.25, 0.3) is 0 Å². The minimum atomic E-state index is -5.28. The van der Waals surface area contributed by atoms with E-state index in [4.69, 9.17) is 9.47 Å². The van der Waals surface area contributed by atoms with Gasteiger partial charge in [0.05, 0.1) is 12.7 Å². The van der Waals surface area contributed by atoms with Crippen molar-refractivity contribution in [3.05, 3.63) is 83.4 Å². The predicted molar refractivity (Wildman–Crippen MR) is 137 cm³/mol. The molecule has 1 saturated heterocycles. The lowest BCUT2D eigenvalue weighted by Gasteiger charge is -2.35. The molecule has 0 radical (unpaired) electrons. The zero-order valence-corrected chi connectivity index (χ0v) is 21.3. The molecule has 5 rings (SSSR count). The highest BCUT2D eigenvalue weighted by molar-refractivity contribution is 7.81. The minimum absolute atomic E-state index is 0.00242. The van der Waals surface area contributed by atoms with Crippen molar-refractivity contribution in [3.63, 3.8) is 0 Å². The zero-order chi connectivity index (χ0) is 26.9. The highest BCUT2D eigenvalue weighted by atomic mass is 32.3. The molecule has 0 saturated carbocycles. The van der Waals surface area contributed by atoms with Crippen LogP contribution in [0.2, 0.25) is 0 Å². The molecule has 0 spiro atoms. The summed E-state index contributed by atoms with van der Waals surface area (Å²) in [5, 5.41) is 0. The van der Waals surface area contributed by atoms with Gasteiger partial charge in [-0.05, 0) is 34.4 Å². The third kappa shape index (κ3) is 5.28. The molecule has 3 aromatic carbocycles. The second-order valence-electron chi connectivity index (χ2n) is 8.96. The summed E-state index contributed by atoms with van der Waals surface area (Å²) in [4.78, 5) is 28.4. The number of carbonyl (C=O) groups excluding carboxylic acids is 2. The topological polar surface area (TPSA) is 102 Å². The number of anilines is 1. The number of methoxy groups -OCH3 is 1. The molecule has 0 aromatic heterocycles. The van der Waals surface area contributed by atoms with E-state index in [1.165, 1.54) is 19.2 Å². The Hall–Kier alpha value is -4.12. The first-order valence-electron chi connectivity index (χ1n) is 12.0. The van der Waals surface area contributed by atoms with Crippen LogP contribution in [-0.4, -0.2) is 65.3 Å². The Balaban J connectivity index is 1.24. The lowest BCUT2D eigenvalue weighted by molar-refractivity contribution is 0.0600. The molecule has 0 unspecified atom stereocenters. The number of halogens is 1. The van der Waals surface area contributed by atoms with E-state index < -0.39 is 22.6 Å². The third-order valence-corrected chi connectivity index (χ3v) is 7.14. The number of carbonyl (C=O) groups is 2. The number of hydrogen-bond acceptors (Lipinski definition) is 8. The van der Waals surface area contributed by atoms with Crippen molar-refractivity contribution in [2.24, 2.45) is 0 Å². The number of rotatable bonds is 6. The maximum Gasteiger partial charge on any atom is 0.488 e. The predicted octanol–water partition coefficient (Wildman–Crippen LogP) is 4.14. The van der Waals surface area contributed by atoms with E-state index >= 15 is 0 Å². The fourth-order valence-corrected chi connectivity index (χ4v) is 5.32. The van der Waals surface area contributed by atoms with Crippen LogP contribution in [0.15, 0.2) is 66.7 Å². The number of benzene rings is 3. The first kappa shape index (κ1) is 25.5. The van der Waals surface area contributed by atoms with Gasteiger partial charge < -0.3 is 23.5 Å². The molecule has 1 amide bonds. The number of piperazine rings is 1. The molecule has 11 heteroatoms. The van der Waals surface area contributed by atoms with Crippen LogP contribution in [-0.2, 0) is 20.0 Å². The van der Waals surface area contributed by atoms with Gasteiger partial charge in [-0.1, -0.05) is 52.4 Å². The van der Waals surface area contributed by atoms with Crippen LogP contribution in [0.25, 0.3) is 11.1 Å². The Morgan fingerprint density at radius 1 is 0.921 bits per heavy atom. The summed E-state index contributed by atoms with van der Waals surface area (Å²) in [5.41, 5.74) is 4.99. The lowest BCUT2D eigenvalue weighted by atomic mass is 9.98. The standard InChI is InChI=1S/C27H25FN2O7S/c1-35-26(31)18-14-19(16-20(15-18)37-38(28,33)34)29-10-12-30(13-11-29)27(32)36-17-25-23-8-4-2-6-21(23)22-7-3-5-9-24(22)25/h2-9,14-16,25H,10-13,17H2,1H3. The van der Waals surface area contributed by atoms with Crippen molar-refractivity contribution in [2.45, 2.75) is 5.92 Å². The summed E-state index contributed by atoms with van der Waals surface area (Å²) in [6, 6.07) is 20.1. The van der Waals surface area contributed by atoms with E-state index in [9.17, 15) is 21.9 Å². The zero-order valence-electron chi connectivity index (χ0n) is 20.5. The molecule has 0 atom stereocenters. The Morgan fingerprint density at radius 2 is 1.53 bits per heavy atom. The summed E-state index contributed by atoms with van der Waals surface area (Å²) in [6.45, 7) is 1.62. The first-order valence-corrected chi connectivity index (χ1v) is 13.3. The van der Waals surface area contributed by atoms with Crippen LogP contribution in [0, 0.1) is 0 Å². The summed E-state index contributed by atoms with van der Waals surface area (Å²) < 4.78 is 49.8. The molecule has 1 aliphatic heterocycles. The van der Waals surface area contributed by atoms with Crippen LogP contribution in [0.1, 0.15) is 27.4 Å². The molecule has 0 N–H and O–H groups in total. The van der Waals surface area contributed by atoms with Crippen molar-refractivity contribution in [1.82, 2.24) is 4.90 Å². The van der Waals surface area contributed by atoms with Gasteiger partial charge in [-0.25, -0.2) is 9.59 Å². The highest BCUT2D eigenvalue weighted by Gasteiger charge is 2.30. The van der Waals surface area contributed by atoms with E-state index in [1.54, 1.807) is 4.90 Å². The Bertz CT molecular complexity index is 1440. The van der Waals surface area contributed by atoms with E-state index in [0.29, 0.717) is 31.9 Å². The second kappa shape index (κ2) is 10.3. The Kier molecular flexibility index (Phi) is 6.94. The monoisotopic (exact) mass is 540 g/mol. The van der Waals surface area contributed by atoms with Crippen molar-refractivity contribution in [2.75, 3.05) is 44.8 Å². The molecule has 9 nitrogen and oxygen atoms in total. The van der Waals surface area contributed by atoms with Gasteiger partial charge in [-0.15, -0.1) is 0 Å². The molecule has 1 aliphatic carbocycles. The highest BCUT2D eigenvalue weighted by Crippen LogP contribution is 2.44. The summed E-state index contributed by atoms with van der Waals surface area (Å²) in [7, 11) is -4.11. The van der Waals surface area contributed by atoms with E-state index in [0.717, 1.165) is 28.3 Å². The molecule has 1 fully saturated rings. The van der Waals surface area contributed by atoms with Crippen LogP contribution >= 0.6 is 0 Å². The van der Waals surface area contributed by atoms with E-state index in [2.05, 4.69) is 28.4 Å². The lowest BCUT2D eigenvalue weighted by Crippen LogP contribution is -2.49. The van der Waals surface area contributed by atoms with Gasteiger partial charge >= 0.3 is 22.6 Å². The van der Waals surface area contributed by atoms with Gasteiger partial charge in [-0.2, -0.15) is 8.42 Å². The summed E-state index contributed by atoms with van der Waals surface area (Å²) >= 11 is 0. The molecule has 3 aromatic rings. The number of fused-ring (bicyclic) bond motifs is 3. The van der Waals surface area contributed by atoms with Gasteiger partial charge in [0, 0.05) is 43.9 Å². The van der Waals surface area contributed by atoms with E-state index in [1.807, 2.05) is 29.2 Å². The molecular weight excluding hydrogens is 515 g/mol. The van der Waals surface area contributed by atoms with Crippen LogP contribution in [0.3, 0.4) is 0 Å². The molecule has 198 valence electrons. The fourth-order valence-electron chi connectivity index (χ4n) is 5.00. The SMILES string of the molecule is COC(=O)c1cc(OS(=O)(=O)F)cc(N2CCN(C(=O)OCC3c4ccccc4-c4ccccc43)CC2)c1. The average Bonchev–Trinajstić information content (AvgIpc) is 3.24. The molecule has 1 heterocycles. The van der Waals surface area contributed by atoms with Crippen molar-refractivity contribution >= 4 is 28.3 Å². The largest absolute Gasteiger partial charge is 0.488 e. The van der Waals surface area contributed by atoms with Crippen LogP contribution in [0.5, 0.6) is 5.75 Å². The molecule has 2 aliphatic rings. The fraction of sp³-hybridized carbons (Fsp3) is 0.259. The molecular formula is C27H25FN2O7S. The number of nitrogens with zero attached hydrogens (tertiary/aromatic N) is 2. The van der Waals surface area contributed by atoms with Crippen LogP contribution in [0.4, 0.5) is 14.4 Å². The van der Waals surface area contributed by atoms with Gasteiger partial charge in [-0.3, -0.25) is 0 Å². The smallest absolute Gasteiger partial charge is 0.465 e. The number of amides is 1. The third-order valence-electron chi connectivity index (χ3n) is 6.75. The Labute approximate surface area is 219 Å². The van der Waals surface area contributed by atoms with Gasteiger partial charge in [0.2, 0.25) is 0 Å². The Morgan fingerprint density at radius 3 is 2.11 bits per heavy atom. The van der Waals surface area contributed by atoms with Crippen molar-refractivity contribution in [1.29, 1.82) is 0 Å². The van der Waals surface area contributed by atoms with E-state index in [-0.39, 0.29) is 23.8 Å². The summed E-state index contributed by atoms with van der Waals surface area (Å²) in [5.74, 6) is -1.13. The van der Waals surface area contributed by atoms with Crippen molar-refractivity contribution < 1.29 is 35.5 Å². The second-order valence-corrected chi connectivity index (χ2v) is 9.91. The summed E-state index contributed by atoms with van der Waals surface area (Å²) in [6.07, 6.45) is -0.428. The maximum atomic E-state index is 13.1. The molecule has 0 bridgehead atoms. The van der Waals surface area contributed by atoms with Gasteiger partial charge in [0.1, 0.15) is 12.4 Å². The first-order chi connectivity index (χ1) is 18.2. The van der Waals surface area contributed by atoms with Crippen LogP contribution < -0.4 is 9.08 Å². The number of hydrogen-bond donors (Lipinski definition) is 0.